The normalized spacial score (nSPS) is 22.3. The molecule has 0 saturated carbocycles. The number of likely N-dealkylation sites (tertiary alicyclic amines) is 1. The van der Waals surface area contributed by atoms with E-state index in [1.807, 2.05) is 47.4 Å². The maximum absolute atomic E-state index is 13.1. The number of carbonyl (C=O) groups is 3. The zero-order valence-corrected chi connectivity index (χ0v) is 16.4. The van der Waals surface area contributed by atoms with Gasteiger partial charge in [0.1, 0.15) is 0 Å². The average molecular weight is 394 g/mol. The fourth-order valence-corrected chi connectivity index (χ4v) is 4.64. The lowest BCUT2D eigenvalue weighted by molar-refractivity contribution is -0.138. The Morgan fingerprint density at radius 2 is 1.86 bits per heavy atom. The number of hydrogen-bond donors (Lipinski definition) is 1. The van der Waals surface area contributed by atoms with Gasteiger partial charge in [0.25, 0.3) is 0 Å². The predicted molar refractivity (Wildman–Crippen MR) is 111 cm³/mol. The minimum absolute atomic E-state index is 0.0147. The van der Waals surface area contributed by atoms with Gasteiger partial charge in [-0.25, -0.2) is 0 Å². The molecule has 0 radical (unpaired) electrons. The molecule has 2 aliphatic rings. The van der Waals surface area contributed by atoms with Crippen molar-refractivity contribution >= 4 is 34.2 Å². The molecule has 2 saturated heterocycles. The van der Waals surface area contributed by atoms with Crippen LogP contribution in [0.2, 0.25) is 0 Å². The maximum Gasteiger partial charge on any atom is 0.303 e. The summed E-state index contributed by atoms with van der Waals surface area (Å²) >= 11 is 0. The highest BCUT2D eigenvalue weighted by Gasteiger charge is 2.38. The van der Waals surface area contributed by atoms with Crippen molar-refractivity contribution in [2.75, 3.05) is 24.5 Å². The molecule has 2 heterocycles. The molecule has 0 aliphatic carbocycles. The highest BCUT2D eigenvalue weighted by molar-refractivity contribution is 6.07. The van der Waals surface area contributed by atoms with Gasteiger partial charge in [-0.15, -0.1) is 0 Å². The fourth-order valence-electron chi connectivity index (χ4n) is 4.64. The van der Waals surface area contributed by atoms with Crippen LogP contribution in [0.3, 0.4) is 0 Å². The standard InChI is InChI=1S/C23H26N2O4/c26-21-13-18(23(29)24-12-4-5-16(14-24)10-11-22(27)28)15-25(21)20-9-3-7-17-6-1-2-8-19(17)20/h1-3,6-9,16,18H,4-5,10-15H2,(H,27,28). The zero-order valence-electron chi connectivity index (χ0n) is 16.4. The molecule has 2 aromatic carbocycles. The van der Waals surface area contributed by atoms with Gasteiger partial charge in [0, 0.05) is 37.9 Å². The number of anilines is 1. The van der Waals surface area contributed by atoms with Gasteiger partial charge in [-0.2, -0.15) is 0 Å². The van der Waals surface area contributed by atoms with Gasteiger partial charge in [-0.3, -0.25) is 14.4 Å². The molecule has 2 aromatic rings. The van der Waals surface area contributed by atoms with Gasteiger partial charge in [0.2, 0.25) is 11.8 Å². The Hall–Kier alpha value is -2.89. The first kappa shape index (κ1) is 19.4. The highest BCUT2D eigenvalue weighted by atomic mass is 16.4. The lowest BCUT2D eigenvalue weighted by atomic mass is 9.92. The summed E-state index contributed by atoms with van der Waals surface area (Å²) in [5.74, 6) is -0.879. The number of rotatable bonds is 5. The van der Waals surface area contributed by atoms with E-state index in [-0.39, 0.29) is 36.5 Å². The summed E-state index contributed by atoms with van der Waals surface area (Å²) in [4.78, 5) is 40.3. The molecular weight excluding hydrogens is 368 g/mol. The van der Waals surface area contributed by atoms with Gasteiger partial charge < -0.3 is 14.9 Å². The summed E-state index contributed by atoms with van der Waals surface area (Å²) in [6, 6.07) is 13.9. The number of piperidine rings is 1. The molecular formula is C23H26N2O4. The summed E-state index contributed by atoms with van der Waals surface area (Å²) in [6.45, 7) is 1.70. The second kappa shape index (κ2) is 8.23. The molecule has 2 atom stereocenters. The van der Waals surface area contributed by atoms with E-state index >= 15 is 0 Å². The third-order valence-corrected chi connectivity index (χ3v) is 6.13. The molecule has 29 heavy (non-hydrogen) atoms. The number of carboxylic acids is 1. The van der Waals surface area contributed by atoms with Gasteiger partial charge in [0.05, 0.1) is 11.6 Å². The zero-order chi connectivity index (χ0) is 20.4. The van der Waals surface area contributed by atoms with E-state index in [1.54, 1.807) is 4.90 Å². The Morgan fingerprint density at radius 1 is 1.07 bits per heavy atom. The molecule has 152 valence electrons. The van der Waals surface area contributed by atoms with Crippen molar-refractivity contribution in [2.45, 2.75) is 32.1 Å². The predicted octanol–water partition coefficient (Wildman–Crippen LogP) is 3.30. The monoisotopic (exact) mass is 394 g/mol. The topological polar surface area (TPSA) is 77.9 Å². The Kier molecular flexibility index (Phi) is 5.51. The minimum atomic E-state index is -0.791. The molecule has 2 aliphatic heterocycles. The van der Waals surface area contributed by atoms with E-state index in [4.69, 9.17) is 5.11 Å². The van der Waals surface area contributed by atoms with E-state index in [0.29, 0.717) is 26.1 Å². The van der Waals surface area contributed by atoms with Crippen LogP contribution in [-0.2, 0) is 14.4 Å². The van der Waals surface area contributed by atoms with Gasteiger partial charge in [-0.1, -0.05) is 36.4 Å². The second-order valence-electron chi connectivity index (χ2n) is 8.13. The Balaban J connectivity index is 1.46. The molecule has 0 aromatic heterocycles. The van der Waals surface area contributed by atoms with Crippen molar-refractivity contribution < 1.29 is 19.5 Å². The number of nitrogens with zero attached hydrogens (tertiary/aromatic N) is 2. The van der Waals surface area contributed by atoms with E-state index in [9.17, 15) is 14.4 Å². The first-order chi connectivity index (χ1) is 14.0. The number of carbonyl (C=O) groups excluding carboxylic acids is 2. The Morgan fingerprint density at radius 3 is 2.69 bits per heavy atom. The second-order valence-corrected chi connectivity index (χ2v) is 8.13. The van der Waals surface area contributed by atoms with Crippen LogP contribution in [0.15, 0.2) is 42.5 Å². The van der Waals surface area contributed by atoms with E-state index in [0.717, 1.165) is 29.3 Å². The number of aliphatic carboxylic acids is 1. The van der Waals surface area contributed by atoms with Gasteiger partial charge >= 0.3 is 5.97 Å². The molecule has 1 N–H and O–H groups in total. The number of fused-ring (bicyclic) bond motifs is 1. The van der Waals surface area contributed by atoms with Crippen LogP contribution in [0.5, 0.6) is 0 Å². The largest absolute Gasteiger partial charge is 0.481 e. The molecule has 0 bridgehead atoms. The van der Waals surface area contributed by atoms with Crippen molar-refractivity contribution in [3.05, 3.63) is 42.5 Å². The quantitative estimate of drug-likeness (QED) is 0.844. The van der Waals surface area contributed by atoms with Gasteiger partial charge in [-0.05, 0) is 36.6 Å². The van der Waals surface area contributed by atoms with E-state index in [2.05, 4.69) is 0 Å². The lowest BCUT2D eigenvalue weighted by Crippen LogP contribution is -2.43. The van der Waals surface area contributed by atoms with Crippen molar-refractivity contribution in [2.24, 2.45) is 11.8 Å². The lowest BCUT2D eigenvalue weighted by Gasteiger charge is -2.34. The summed E-state index contributed by atoms with van der Waals surface area (Å²) in [7, 11) is 0. The van der Waals surface area contributed by atoms with Crippen molar-refractivity contribution in [3.63, 3.8) is 0 Å². The molecule has 0 spiro atoms. The van der Waals surface area contributed by atoms with E-state index < -0.39 is 5.97 Å². The molecule has 2 amide bonds. The number of carboxylic acid groups (broad SMARTS) is 1. The summed E-state index contributed by atoms with van der Waals surface area (Å²) in [5, 5.41) is 11.0. The summed E-state index contributed by atoms with van der Waals surface area (Å²) < 4.78 is 0. The minimum Gasteiger partial charge on any atom is -0.481 e. The fraction of sp³-hybridized carbons (Fsp3) is 0.435. The van der Waals surface area contributed by atoms with Crippen molar-refractivity contribution in [3.8, 4) is 0 Å². The first-order valence-electron chi connectivity index (χ1n) is 10.3. The van der Waals surface area contributed by atoms with Crippen molar-refractivity contribution in [1.82, 2.24) is 4.90 Å². The molecule has 4 rings (SSSR count). The molecule has 6 nitrogen and oxygen atoms in total. The van der Waals surface area contributed by atoms with Crippen LogP contribution in [0, 0.1) is 11.8 Å². The highest BCUT2D eigenvalue weighted by Crippen LogP contribution is 2.33. The maximum atomic E-state index is 13.1. The number of amides is 2. The SMILES string of the molecule is O=C(O)CCC1CCCN(C(=O)C2CC(=O)N(c3cccc4ccccc34)C2)C1. The molecule has 6 heteroatoms. The summed E-state index contributed by atoms with van der Waals surface area (Å²) in [5.41, 5.74) is 0.862. The number of hydrogen-bond acceptors (Lipinski definition) is 3. The summed E-state index contributed by atoms with van der Waals surface area (Å²) in [6.07, 6.45) is 2.83. The molecule has 2 fully saturated rings. The van der Waals surface area contributed by atoms with Crippen LogP contribution < -0.4 is 4.90 Å². The first-order valence-corrected chi connectivity index (χ1v) is 10.3. The third kappa shape index (κ3) is 4.11. The number of benzene rings is 2. The van der Waals surface area contributed by atoms with E-state index in [1.165, 1.54) is 0 Å². The van der Waals surface area contributed by atoms with Crippen molar-refractivity contribution in [1.29, 1.82) is 0 Å². The van der Waals surface area contributed by atoms with Crippen LogP contribution in [0.25, 0.3) is 10.8 Å². The third-order valence-electron chi connectivity index (χ3n) is 6.13. The smallest absolute Gasteiger partial charge is 0.303 e. The Labute approximate surface area is 170 Å². The Bertz CT molecular complexity index is 936. The van der Waals surface area contributed by atoms with Gasteiger partial charge in [0.15, 0.2) is 0 Å². The molecule has 2 unspecified atom stereocenters. The van der Waals surface area contributed by atoms with Crippen LogP contribution in [-0.4, -0.2) is 47.4 Å². The average Bonchev–Trinajstić information content (AvgIpc) is 3.13. The van der Waals surface area contributed by atoms with Crippen LogP contribution >= 0.6 is 0 Å². The van der Waals surface area contributed by atoms with Crippen LogP contribution in [0.1, 0.15) is 32.1 Å². The van der Waals surface area contributed by atoms with Crippen LogP contribution in [0.4, 0.5) is 5.69 Å².